The first-order valence-electron chi connectivity index (χ1n) is 10.6. The average Bonchev–Trinajstić information content (AvgIpc) is 3.42. The molecule has 11 heteroatoms. The summed E-state index contributed by atoms with van der Waals surface area (Å²) in [6.07, 6.45) is -1.71. The highest BCUT2D eigenvalue weighted by molar-refractivity contribution is 5.99. The molecule has 1 amide bonds. The Bertz CT molecular complexity index is 1480. The van der Waals surface area contributed by atoms with E-state index in [1.165, 1.54) is 29.6 Å². The van der Waals surface area contributed by atoms with Gasteiger partial charge in [0.25, 0.3) is 5.91 Å². The Labute approximate surface area is 189 Å². The van der Waals surface area contributed by atoms with Crippen LogP contribution in [0.25, 0.3) is 16.6 Å². The summed E-state index contributed by atoms with van der Waals surface area (Å²) in [5.74, 6) is -1.16. The normalized spacial score (nSPS) is 20.1. The Morgan fingerprint density at radius 1 is 1.18 bits per heavy atom. The van der Waals surface area contributed by atoms with Crippen molar-refractivity contribution in [3.8, 4) is 0 Å². The highest BCUT2D eigenvalue weighted by Crippen LogP contribution is 2.43. The number of imidazole rings is 1. The number of rotatable bonds is 1. The number of alkyl halides is 3. The van der Waals surface area contributed by atoms with Crippen molar-refractivity contribution in [3.05, 3.63) is 70.9 Å². The van der Waals surface area contributed by atoms with Crippen molar-refractivity contribution >= 4 is 28.3 Å². The number of nitrogen functional groups attached to an aromatic ring is 1. The molecule has 174 valence electrons. The van der Waals surface area contributed by atoms with Gasteiger partial charge in [0.1, 0.15) is 17.2 Å². The van der Waals surface area contributed by atoms with Crippen LogP contribution in [0.5, 0.6) is 0 Å². The molecule has 2 N–H and O–H groups in total. The largest absolute Gasteiger partial charge is 0.416 e. The third-order valence-electron chi connectivity index (χ3n) is 6.52. The zero-order chi connectivity index (χ0) is 23.8. The topological polar surface area (TPSA) is 85.8 Å². The van der Waals surface area contributed by atoms with E-state index in [0.29, 0.717) is 22.2 Å². The van der Waals surface area contributed by atoms with Crippen molar-refractivity contribution in [3.63, 3.8) is 0 Å². The monoisotopic (exact) mass is 471 g/mol. The summed E-state index contributed by atoms with van der Waals surface area (Å²) >= 11 is 0. The SMILES string of the molecule is Nc1nc2cc(F)c(C(=O)N3CCOC4Cc5cc(C(F)(F)F)ccc5[C@@H]43)cc2n2cncc12. The van der Waals surface area contributed by atoms with Gasteiger partial charge in [0.15, 0.2) is 0 Å². The lowest BCUT2D eigenvalue weighted by Gasteiger charge is -2.38. The van der Waals surface area contributed by atoms with Gasteiger partial charge in [0.2, 0.25) is 0 Å². The van der Waals surface area contributed by atoms with Crippen LogP contribution in [0.3, 0.4) is 0 Å². The van der Waals surface area contributed by atoms with E-state index in [2.05, 4.69) is 9.97 Å². The molecule has 2 aromatic carbocycles. The molecule has 1 aliphatic carbocycles. The van der Waals surface area contributed by atoms with Gasteiger partial charge < -0.3 is 15.4 Å². The first kappa shape index (κ1) is 20.8. The van der Waals surface area contributed by atoms with E-state index in [1.54, 1.807) is 4.40 Å². The number of ether oxygens (including phenoxy) is 1. The van der Waals surface area contributed by atoms with Crippen molar-refractivity contribution < 1.29 is 27.1 Å². The zero-order valence-corrected chi connectivity index (χ0v) is 17.5. The number of anilines is 1. The predicted molar refractivity (Wildman–Crippen MR) is 114 cm³/mol. The highest BCUT2D eigenvalue weighted by atomic mass is 19.4. The zero-order valence-electron chi connectivity index (χ0n) is 17.5. The number of carbonyl (C=O) groups excluding carboxylic acids is 1. The quantitative estimate of drug-likeness (QED) is 0.428. The van der Waals surface area contributed by atoms with E-state index in [1.807, 2.05) is 0 Å². The maximum absolute atomic E-state index is 15.1. The lowest BCUT2D eigenvalue weighted by atomic mass is 10.0. The van der Waals surface area contributed by atoms with Crippen molar-refractivity contribution in [1.29, 1.82) is 0 Å². The number of morpholine rings is 1. The lowest BCUT2D eigenvalue weighted by Crippen LogP contribution is -2.46. The predicted octanol–water partition coefficient (Wildman–Crippen LogP) is 3.76. The molecule has 6 rings (SSSR count). The summed E-state index contributed by atoms with van der Waals surface area (Å²) in [4.78, 5) is 23.3. The summed E-state index contributed by atoms with van der Waals surface area (Å²) in [6.45, 7) is 0.379. The number of nitrogens with zero attached hydrogens (tertiary/aromatic N) is 4. The third-order valence-corrected chi connectivity index (χ3v) is 6.52. The van der Waals surface area contributed by atoms with Gasteiger partial charge in [-0.3, -0.25) is 9.20 Å². The molecule has 34 heavy (non-hydrogen) atoms. The molecule has 4 aromatic rings. The molecule has 7 nitrogen and oxygen atoms in total. The molecule has 1 saturated heterocycles. The minimum absolute atomic E-state index is 0.171. The van der Waals surface area contributed by atoms with Crippen LogP contribution in [0.1, 0.15) is 33.1 Å². The average molecular weight is 471 g/mol. The van der Waals surface area contributed by atoms with E-state index >= 15 is 4.39 Å². The second kappa shape index (κ2) is 7.13. The molecule has 0 spiro atoms. The Hall–Kier alpha value is -3.73. The van der Waals surface area contributed by atoms with Crippen LogP contribution in [0.4, 0.5) is 23.4 Å². The van der Waals surface area contributed by atoms with Crippen LogP contribution in [-0.2, 0) is 17.3 Å². The molecular formula is C23H17F4N5O2. The molecule has 1 unspecified atom stereocenters. The van der Waals surface area contributed by atoms with Gasteiger partial charge in [-0.2, -0.15) is 13.2 Å². The minimum Gasteiger partial charge on any atom is -0.382 e. The number of fused-ring (bicyclic) bond motifs is 6. The van der Waals surface area contributed by atoms with Crippen LogP contribution in [0, 0.1) is 5.82 Å². The number of benzene rings is 2. The first-order valence-corrected chi connectivity index (χ1v) is 10.6. The minimum atomic E-state index is -4.47. The number of nitrogens with two attached hydrogens (primary N) is 1. The van der Waals surface area contributed by atoms with Gasteiger partial charge in [-0.15, -0.1) is 0 Å². The maximum Gasteiger partial charge on any atom is 0.416 e. The third kappa shape index (κ3) is 3.03. The lowest BCUT2D eigenvalue weighted by molar-refractivity contribution is -0.137. The smallest absolute Gasteiger partial charge is 0.382 e. The number of hydrogen-bond donors (Lipinski definition) is 1. The molecule has 1 fully saturated rings. The highest BCUT2D eigenvalue weighted by Gasteiger charge is 2.44. The van der Waals surface area contributed by atoms with Crippen LogP contribution in [0.15, 0.2) is 42.9 Å². The van der Waals surface area contributed by atoms with E-state index in [0.717, 1.165) is 18.2 Å². The van der Waals surface area contributed by atoms with Gasteiger partial charge in [0, 0.05) is 19.0 Å². The number of hydrogen-bond acceptors (Lipinski definition) is 5. The summed E-state index contributed by atoms with van der Waals surface area (Å²) in [6, 6.07) is 5.43. The van der Waals surface area contributed by atoms with Gasteiger partial charge in [-0.25, -0.2) is 14.4 Å². The van der Waals surface area contributed by atoms with Crippen LogP contribution in [0.2, 0.25) is 0 Å². The fourth-order valence-electron chi connectivity index (χ4n) is 4.98. The molecule has 0 bridgehead atoms. The van der Waals surface area contributed by atoms with Crippen LogP contribution in [-0.4, -0.2) is 44.4 Å². The molecule has 2 atom stereocenters. The Balaban J connectivity index is 1.43. The van der Waals surface area contributed by atoms with E-state index in [9.17, 15) is 18.0 Å². The van der Waals surface area contributed by atoms with Gasteiger partial charge in [0.05, 0.1) is 53.4 Å². The van der Waals surface area contributed by atoms with E-state index < -0.39 is 35.6 Å². The Kier molecular flexibility index (Phi) is 4.37. The Morgan fingerprint density at radius 2 is 2.00 bits per heavy atom. The molecule has 3 heterocycles. The number of amides is 1. The van der Waals surface area contributed by atoms with Gasteiger partial charge in [-0.1, -0.05) is 6.07 Å². The number of aromatic nitrogens is 3. The Morgan fingerprint density at radius 3 is 2.79 bits per heavy atom. The summed E-state index contributed by atoms with van der Waals surface area (Å²) in [5.41, 5.74) is 7.30. The van der Waals surface area contributed by atoms with Crippen LogP contribution >= 0.6 is 0 Å². The second-order valence-corrected chi connectivity index (χ2v) is 8.43. The summed E-state index contributed by atoms with van der Waals surface area (Å²) in [7, 11) is 0. The summed E-state index contributed by atoms with van der Waals surface area (Å²) in [5, 5.41) is 0. The van der Waals surface area contributed by atoms with Crippen LogP contribution < -0.4 is 5.73 Å². The van der Waals surface area contributed by atoms with Gasteiger partial charge >= 0.3 is 6.18 Å². The van der Waals surface area contributed by atoms with Crippen molar-refractivity contribution in [2.75, 3.05) is 18.9 Å². The standard InChI is InChI=1S/C23H17F4N5O2/c24-15-8-16-17(32-10-29-9-18(32)21(28)30-16)7-14(15)22(33)31-3-4-34-19-6-11-5-12(23(25,26)27)1-2-13(11)20(19)31/h1-2,5,7-10,19-20H,3-4,6H2,(H2,28,30)/t19?,20-/m0/s1. The molecule has 0 saturated carbocycles. The summed E-state index contributed by atoms with van der Waals surface area (Å²) < 4.78 is 62.0. The fourth-order valence-corrected chi connectivity index (χ4v) is 4.98. The van der Waals surface area contributed by atoms with Crippen molar-refractivity contribution in [1.82, 2.24) is 19.3 Å². The maximum atomic E-state index is 15.1. The fraction of sp³-hybridized carbons (Fsp3) is 0.261. The van der Waals surface area contributed by atoms with Gasteiger partial charge in [-0.05, 0) is 29.3 Å². The van der Waals surface area contributed by atoms with E-state index in [4.69, 9.17) is 10.5 Å². The van der Waals surface area contributed by atoms with Crippen molar-refractivity contribution in [2.45, 2.75) is 24.7 Å². The molecule has 2 aromatic heterocycles. The molecule has 0 radical (unpaired) electrons. The first-order chi connectivity index (χ1) is 16.2. The molecule has 2 aliphatic rings. The molecule has 1 aliphatic heterocycles. The molecular weight excluding hydrogens is 454 g/mol. The van der Waals surface area contributed by atoms with E-state index in [-0.39, 0.29) is 36.5 Å². The number of carbonyl (C=O) groups is 1. The number of halogens is 4. The van der Waals surface area contributed by atoms with Crippen molar-refractivity contribution in [2.24, 2.45) is 0 Å². The second-order valence-electron chi connectivity index (χ2n) is 8.43.